The molecule has 0 radical (unpaired) electrons. The molecule has 0 spiro atoms. The molecular weight excluding hydrogens is 324 g/mol. The Kier molecular flexibility index (Phi) is 6.67. The van der Waals surface area contributed by atoms with Crippen LogP contribution in [0.2, 0.25) is 0 Å². The van der Waals surface area contributed by atoms with Crippen LogP contribution in [-0.4, -0.2) is 30.5 Å². The van der Waals surface area contributed by atoms with Crippen LogP contribution < -0.4 is 10.1 Å². The minimum Gasteiger partial charge on any atom is -0.484 e. The maximum absolute atomic E-state index is 11.9. The van der Waals surface area contributed by atoms with Gasteiger partial charge in [0, 0.05) is 13.1 Å². The minimum absolute atomic E-state index is 0.0378. The van der Waals surface area contributed by atoms with Crippen molar-refractivity contribution in [3.05, 3.63) is 65.2 Å². The fourth-order valence-electron chi connectivity index (χ4n) is 3.17. The number of aryl methyl sites for hydroxylation is 1. The highest BCUT2D eigenvalue weighted by molar-refractivity contribution is 5.77. The van der Waals surface area contributed by atoms with Gasteiger partial charge >= 0.3 is 0 Å². The van der Waals surface area contributed by atoms with E-state index < -0.39 is 0 Å². The Morgan fingerprint density at radius 2 is 1.62 bits per heavy atom. The molecular formula is C22H28N2O2. The molecule has 138 valence electrons. The number of hydrogen-bond donors (Lipinski definition) is 1. The number of piperidine rings is 1. The number of carbonyl (C=O) groups is 1. The van der Waals surface area contributed by atoms with Gasteiger partial charge in [0.25, 0.3) is 5.91 Å². The zero-order valence-corrected chi connectivity index (χ0v) is 15.5. The minimum atomic E-state index is -0.108. The van der Waals surface area contributed by atoms with E-state index in [4.69, 9.17) is 4.74 Å². The van der Waals surface area contributed by atoms with Gasteiger partial charge in [0.15, 0.2) is 6.61 Å². The molecule has 1 saturated heterocycles. The van der Waals surface area contributed by atoms with Crippen molar-refractivity contribution in [1.82, 2.24) is 10.2 Å². The first-order valence-electron chi connectivity index (χ1n) is 9.45. The number of nitrogens with one attached hydrogen (secondary N) is 1. The summed E-state index contributed by atoms with van der Waals surface area (Å²) in [4.78, 5) is 14.5. The van der Waals surface area contributed by atoms with Crippen molar-refractivity contribution in [2.75, 3.05) is 19.7 Å². The summed E-state index contributed by atoms with van der Waals surface area (Å²) in [5.41, 5.74) is 3.62. The first kappa shape index (κ1) is 18.5. The smallest absolute Gasteiger partial charge is 0.258 e. The van der Waals surface area contributed by atoms with Crippen LogP contribution >= 0.6 is 0 Å². The Morgan fingerprint density at radius 1 is 0.962 bits per heavy atom. The molecule has 0 saturated carbocycles. The summed E-state index contributed by atoms with van der Waals surface area (Å²) in [6.45, 7) is 6.03. The van der Waals surface area contributed by atoms with Crippen LogP contribution in [0.3, 0.4) is 0 Å². The molecule has 4 nitrogen and oxygen atoms in total. The Bertz CT molecular complexity index is 689. The predicted octanol–water partition coefficient (Wildman–Crippen LogP) is 3.68. The van der Waals surface area contributed by atoms with Gasteiger partial charge in [-0.3, -0.25) is 9.69 Å². The number of likely N-dealkylation sites (tertiary alicyclic amines) is 1. The van der Waals surface area contributed by atoms with Crippen LogP contribution in [-0.2, 0) is 17.9 Å². The van der Waals surface area contributed by atoms with E-state index in [-0.39, 0.29) is 12.5 Å². The van der Waals surface area contributed by atoms with Crippen LogP contribution in [0.25, 0.3) is 0 Å². The third-order valence-corrected chi connectivity index (χ3v) is 4.76. The number of rotatable bonds is 7. The van der Waals surface area contributed by atoms with Crippen molar-refractivity contribution in [2.45, 2.75) is 39.3 Å². The first-order valence-corrected chi connectivity index (χ1v) is 9.45. The highest BCUT2D eigenvalue weighted by atomic mass is 16.5. The Hall–Kier alpha value is -2.33. The summed E-state index contributed by atoms with van der Waals surface area (Å²) in [6.07, 6.45) is 3.99. The van der Waals surface area contributed by atoms with Crippen LogP contribution in [0.15, 0.2) is 48.5 Å². The number of amides is 1. The van der Waals surface area contributed by atoms with Gasteiger partial charge in [-0.25, -0.2) is 0 Å². The number of nitrogens with zero attached hydrogens (tertiary/aromatic N) is 1. The van der Waals surface area contributed by atoms with Crippen molar-refractivity contribution in [3.63, 3.8) is 0 Å². The van der Waals surface area contributed by atoms with Gasteiger partial charge in [-0.15, -0.1) is 0 Å². The fraction of sp³-hybridized carbons (Fsp3) is 0.409. The molecule has 4 heteroatoms. The SMILES string of the molecule is Cc1ccc(OCC(=O)NCc2ccc(CN3CCCCC3)cc2)cc1. The number of benzene rings is 2. The van der Waals surface area contributed by atoms with Crippen LogP contribution in [0.4, 0.5) is 0 Å². The maximum Gasteiger partial charge on any atom is 0.258 e. The number of hydrogen-bond acceptors (Lipinski definition) is 3. The molecule has 0 bridgehead atoms. The molecule has 1 N–H and O–H groups in total. The van der Waals surface area contributed by atoms with Crippen molar-refractivity contribution in [1.29, 1.82) is 0 Å². The zero-order chi connectivity index (χ0) is 18.2. The number of ether oxygens (including phenoxy) is 1. The molecule has 26 heavy (non-hydrogen) atoms. The number of carbonyl (C=O) groups excluding carboxylic acids is 1. The zero-order valence-electron chi connectivity index (χ0n) is 15.5. The lowest BCUT2D eigenvalue weighted by Crippen LogP contribution is -2.29. The Balaban J connectivity index is 1.39. The molecule has 1 aliphatic rings. The quantitative estimate of drug-likeness (QED) is 0.826. The standard InChI is InChI=1S/C22H28N2O2/c1-18-5-11-21(12-6-18)26-17-22(25)23-15-19-7-9-20(10-8-19)16-24-13-3-2-4-14-24/h5-12H,2-4,13-17H2,1H3,(H,23,25). The summed E-state index contributed by atoms with van der Waals surface area (Å²) in [5.74, 6) is 0.607. The van der Waals surface area contributed by atoms with Crippen molar-refractivity contribution >= 4 is 5.91 Å². The Morgan fingerprint density at radius 3 is 2.31 bits per heavy atom. The molecule has 2 aromatic rings. The topological polar surface area (TPSA) is 41.6 Å². The molecule has 1 aliphatic heterocycles. The predicted molar refractivity (Wildman–Crippen MR) is 104 cm³/mol. The van der Waals surface area contributed by atoms with Crippen molar-refractivity contribution in [2.24, 2.45) is 0 Å². The van der Waals surface area contributed by atoms with Crippen molar-refractivity contribution < 1.29 is 9.53 Å². The van der Waals surface area contributed by atoms with Gasteiger partial charge in [-0.1, -0.05) is 48.4 Å². The summed E-state index contributed by atoms with van der Waals surface area (Å²) >= 11 is 0. The fourth-order valence-corrected chi connectivity index (χ4v) is 3.17. The molecule has 0 aliphatic carbocycles. The van der Waals surface area contributed by atoms with Crippen LogP contribution in [0, 0.1) is 6.92 Å². The molecule has 1 fully saturated rings. The average molecular weight is 352 g/mol. The highest BCUT2D eigenvalue weighted by Gasteiger charge is 2.10. The first-order chi connectivity index (χ1) is 12.7. The van der Waals surface area contributed by atoms with E-state index in [1.807, 2.05) is 31.2 Å². The van der Waals surface area contributed by atoms with Gasteiger partial charge in [0.05, 0.1) is 0 Å². The second kappa shape index (κ2) is 9.39. The molecule has 0 atom stereocenters. The average Bonchev–Trinajstić information content (AvgIpc) is 2.68. The van der Waals surface area contributed by atoms with Gasteiger partial charge in [0.2, 0.25) is 0 Å². The molecule has 1 amide bonds. The van der Waals surface area contributed by atoms with E-state index in [9.17, 15) is 4.79 Å². The van der Waals surface area contributed by atoms with Gasteiger partial charge < -0.3 is 10.1 Å². The van der Waals surface area contributed by atoms with Gasteiger partial charge in [0.1, 0.15) is 5.75 Å². The lowest BCUT2D eigenvalue weighted by atomic mass is 10.1. The summed E-state index contributed by atoms with van der Waals surface area (Å²) in [7, 11) is 0. The van der Waals surface area contributed by atoms with E-state index in [0.29, 0.717) is 12.3 Å². The summed E-state index contributed by atoms with van der Waals surface area (Å²) in [5, 5.41) is 2.91. The third kappa shape index (κ3) is 5.88. The van der Waals surface area contributed by atoms with E-state index in [1.165, 1.54) is 43.5 Å². The monoisotopic (exact) mass is 352 g/mol. The lowest BCUT2D eigenvalue weighted by molar-refractivity contribution is -0.123. The van der Waals surface area contributed by atoms with Crippen LogP contribution in [0.1, 0.15) is 36.0 Å². The molecule has 0 aromatic heterocycles. The largest absolute Gasteiger partial charge is 0.484 e. The third-order valence-electron chi connectivity index (χ3n) is 4.76. The maximum atomic E-state index is 11.9. The van der Waals surface area contributed by atoms with E-state index in [0.717, 1.165) is 12.1 Å². The molecule has 2 aromatic carbocycles. The second-order valence-electron chi connectivity index (χ2n) is 7.03. The van der Waals surface area contributed by atoms with E-state index in [1.54, 1.807) is 0 Å². The molecule has 0 unspecified atom stereocenters. The molecule has 3 rings (SSSR count). The van der Waals surface area contributed by atoms with Crippen molar-refractivity contribution in [3.8, 4) is 5.75 Å². The van der Waals surface area contributed by atoms with E-state index in [2.05, 4.69) is 34.5 Å². The Labute approximate surface area is 156 Å². The van der Waals surface area contributed by atoms with E-state index >= 15 is 0 Å². The molecule has 1 heterocycles. The van der Waals surface area contributed by atoms with Gasteiger partial charge in [-0.05, 0) is 56.1 Å². The lowest BCUT2D eigenvalue weighted by Gasteiger charge is -2.26. The second-order valence-corrected chi connectivity index (χ2v) is 7.03. The highest BCUT2D eigenvalue weighted by Crippen LogP contribution is 2.14. The summed E-state index contributed by atoms with van der Waals surface area (Å²) < 4.78 is 5.50. The van der Waals surface area contributed by atoms with Gasteiger partial charge in [-0.2, -0.15) is 0 Å². The van der Waals surface area contributed by atoms with Crippen LogP contribution in [0.5, 0.6) is 5.75 Å². The summed E-state index contributed by atoms with van der Waals surface area (Å²) in [6, 6.07) is 16.2. The normalized spacial score (nSPS) is 14.8.